The smallest absolute Gasteiger partial charge is 0.0107 e. The number of benzene rings is 1. The molecule has 1 N–H and O–H groups in total. The lowest BCUT2D eigenvalue weighted by Crippen LogP contribution is -2.36. The van der Waals surface area contributed by atoms with E-state index in [2.05, 4.69) is 42.2 Å². The van der Waals surface area contributed by atoms with Crippen LogP contribution in [0.2, 0.25) is 0 Å². The summed E-state index contributed by atoms with van der Waals surface area (Å²) >= 11 is 0. The van der Waals surface area contributed by atoms with Gasteiger partial charge in [0.2, 0.25) is 0 Å². The highest BCUT2D eigenvalue weighted by Crippen LogP contribution is 2.28. The Kier molecular flexibility index (Phi) is 3.57. The van der Waals surface area contributed by atoms with Crippen molar-refractivity contribution in [3.8, 4) is 0 Å². The van der Waals surface area contributed by atoms with Crippen molar-refractivity contribution in [1.29, 1.82) is 0 Å². The molecule has 1 nitrogen and oxygen atoms in total. The second-order valence-corrected chi connectivity index (χ2v) is 4.31. The number of piperidine rings is 1. The maximum atomic E-state index is 3.81. The largest absolute Gasteiger partial charge is 0.314 e. The second kappa shape index (κ2) is 5.13. The predicted molar refractivity (Wildman–Crippen MR) is 65.0 cm³/mol. The van der Waals surface area contributed by atoms with E-state index in [4.69, 9.17) is 0 Å². The zero-order chi connectivity index (χ0) is 10.5. The van der Waals surface area contributed by atoms with Gasteiger partial charge in [-0.3, -0.25) is 0 Å². The van der Waals surface area contributed by atoms with Gasteiger partial charge in [-0.1, -0.05) is 36.4 Å². The van der Waals surface area contributed by atoms with E-state index in [0.29, 0.717) is 6.04 Å². The van der Waals surface area contributed by atoms with E-state index in [1.54, 1.807) is 0 Å². The van der Waals surface area contributed by atoms with Gasteiger partial charge in [0.1, 0.15) is 0 Å². The fraction of sp³-hybridized carbons (Fsp3) is 0.429. The minimum Gasteiger partial charge on any atom is -0.314 e. The van der Waals surface area contributed by atoms with E-state index in [0.717, 1.165) is 18.9 Å². The molecule has 0 unspecified atom stereocenters. The zero-order valence-corrected chi connectivity index (χ0v) is 9.15. The van der Waals surface area contributed by atoms with Crippen LogP contribution in [-0.4, -0.2) is 12.6 Å². The summed E-state index contributed by atoms with van der Waals surface area (Å²) in [6, 6.07) is 11.5. The van der Waals surface area contributed by atoms with Gasteiger partial charge < -0.3 is 5.32 Å². The molecule has 15 heavy (non-hydrogen) atoms. The third-order valence-corrected chi connectivity index (χ3v) is 3.22. The topological polar surface area (TPSA) is 12.0 Å². The van der Waals surface area contributed by atoms with Crippen LogP contribution in [0.25, 0.3) is 0 Å². The van der Waals surface area contributed by atoms with Crippen molar-refractivity contribution in [3.63, 3.8) is 0 Å². The van der Waals surface area contributed by atoms with Gasteiger partial charge in [-0.25, -0.2) is 0 Å². The van der Waals surface area contributed by atoms with Crippen molar-refractivity contribution in [1.82, 2.24) is 5.32 Å². The first-order valence-electron chi connectivity index (χ1n) is 5.79. The molecule has 0 aliphatic carbocycles. The Bertz CT molecular complexity index is 304. The molecule has 1 aliphatic heterocycles. The molecule has 1 saturated heterocycles. The van der Waals surface area contributed by atoms with Crippen LogP contribution in [0.1, 0.15) is 30.7 Å². The minimum absolute atomic E-state index is 0.626. The first kappa shape index (κ1) is 10.4. The Labute approximate surface area is 92.2 Å². The summed E-state index contributed by atoms with van der Waals surface area (Å²) in [5, 5.41) is 3.55. The van der Waals surface area contributed by atoms with Crippen molar-refractivity contribution >= 4 is 0 Å². The predicted octanol–water partition coefficient (Wildman–Crippen LogP) is 3.10. The summed E-state index contributed by atoms with van der Waals surface area (Å²) in [6.45, 7) is 4.95. The molecule has 0 bridgehead atoms. The normalized spacial score (nSPS) is 26.1. The molecule has 2 rings (SSSR count). The van der Waals surface area contributed by atoms with Gasteiger partial charge in [0.25, 0.3) is 0 Å². The average molecular weight is 201 g/mol. The summed E-state index contributed by atoms with van der Waals surface area (Å²) in [6.07, 6.45) is 5.61. The zero-order valence-electron chi connectivity index (χ0n) is 9.15. The van der Waals surface area contributed by atoms with Gasteiger partial charge >= 0.3 is 0 Å². The number of rotatable bonds is 3. The summed E-state index contributed by atoms with van der Waals surface area (Å²) < 4.78 is 0. The lowest BCUT2D eigenvalue weighted by Gasteiger charge is -2.30. The molecular weight excluding hydrogens is 182 g/mol. The molecule has 0 radical (unpaired) electrons. The summed E-state index contributed by atoms with van der Waals surface area (Å²) in [5.41, 5.74) is 1.49. The maximum absolute atomic E-state index is 3.81. The molecule has 80 valence electrons. The van der Waals surface area contributed by atoms with Crippen molar-refractivity contribution in [2.45, 2.75) is 31.2 Å². The van der Waals surface area contributed by atoms with Crippen LogP contribution >= 0.6 is 0 Å². The van der Waals surface area contributed by atoms with Crippen LogP contribution in [0, 0.1) is 0 Å². The molecule has 1 heterocycles. The third kappa shape index (κ3) is 2.69. The van der Waals surface area contributed by atoms with E-state index >= 15 is 0 Å². The molecule has 0 spiro atoms. The standard InChI is InChI=1S/C14H19N/c1-2-6-14-11-13(9-10-15-14)12-7-4-3-5-8-12/h2-5,7-8,13-15H,1,6,9-11H2/t13-,14+/m1/s1. The Morgan fingerprint density at radius 1 is 1.33 bits per heavy atom. The van der Waals surface area contributed by atoms with Gasteiger partial charge in [-0.05, 0) is 37.3 Å². The lowest BCUT2D eigenvalue weighted by atomic mass is 9.85. The Balaban J connectivity index is 2.01. The fourth-order valence-electron chi connectivity index (χ4n) is 2.42. The molecule has 1 aromatic carbocycles. The summed E-state index contributed by atoms with van der Waals surface area (Å²) in [7, 11) is 0. The monoisotopic (exact) mass is 201 g/mol. The molecule has 0 aromatic heterocycles. The van der Waals surface area contributed by atoms with E-state index in [1.165, 1.54) is 18.4 Å². The van der Waals surface area contributed by atoms with E-state index in [9.17, 15) is 0 Å². The first-order chi connectivity index (χ1) is 7.40. The van der Waals surface area contributed by atoms with Gasteiger partial charge in [-0.15, -0.1) is 6.58 Å². The molecule has 2 atom stereocenters. The van der Waals surface area contributed by atoms with E-state index in [-0.39, 0.29) is 0 Å². The molecule has 1 aromatic rings. The second-order valence-electron chi connectivity index (χ2n) is 4.31. The van der Waals surface area contributed by atoms with Crippen molar-refractivity contribution < 1.29 is 0 Å². The van der Waals surface area contributed by atoms with Gasteiger partial charge in [0.15, 0.2) is 0 Å². The van der Waals surface area contributed by atoms with Gasteiger partial charge in [-0.2, -0.15) is 0 Å². The summed E-state index contributed by atoms with van der Waals surface area (Å²) in [5.74, 6) is 0.734. The highest BCUT2D eigenvalue weighted by molar-refractivity contribution is 5.20. The average Bonchev–Trinajstić information content (AvgIpc) is 2.31. The van der Waals surface area contributed by atoms with Crippen molar-refractivity contribution in [3.05, 3.63) is 48.6 Å². The van der Waals surface area contributed by atoms with Crippen LogP contribution in [0.4, 0.5) is 0 Å². The molecule has 1 aliphatic rings. The lowest BCUT2D eigenvalue weighted by molar-refractivity contribution is 0.364. The van der Waals surface area contributed by atoms with Crippen LogP contribution < -0.4 is 5.32 Å². The molecular formula is C14H19N. The number of nitrogens with one attached hydrogen (secondary N) is 1. The SMILES string of the molecule is C=CC[C@H]1C[C@H](c2ccccc2)CCN1. The van der Waals surface area contributed by atoms with Crippen LogP contribution in [-0.2, 0) is 0 Å². The Morgan fingerprint density at radius 2 is 2.13 bits per heavy atom. The number of hydrogen-bond acceptors (Lipinski definition) is 1. The first-order valence-corrected chi connectivity index (χ1v) is 5.79. The van der Waals surface area contributed by atoms with Crippen LogP contribution in [0.15, 0.2) is 43.0 Å². The number of hydrogen-bond donors (Lipinski definition) is 1. The highest BCUT2D eigenvalue weighted by atomic mass is 14.9. The minimum atomic E-state index is 0.626. The third-order valence-electron chi connectivity index (χ3n) is 3.22. The van der Waals surface area contributed by atoms with E-state index in [1.807, 2.05) is 6.08 Å². The van der Waals surface area contributed by atoms with Crippen LogP contribution in [0.3, 0.4) is 0 Å². The summed E-state index contributed by atoms with van der Waals surface area (Å²) in [4.78, 5) is 0. The van der Waals surface area contributed by atoms with Crippen molar-refractivity contribution in [2.24, 2.45) is 0 Å². The molecule has 0 saturated carbocycles. The maximum Gasteiger partial charge on any atom is 0.0107 e. The van der Waals surface area contributed by atoms with Crippen molar-refractivity contribution in [2.75, 3.05) is 6.54 Å². The Morgan fingerprint density at radius 3 is 2.87 bits per heavy atom. The Hall–Kier alpha value is -1.08. The van der Waals surface area contributed by atoms with Crippen LogP contribution in [0.5, 0.6) is 0 Å². The quantitative estimate of drug-likeness (QED) is 0.741. The highest BCUT2D eigenvalue weighted by Gasteiger charge is 2.21. The van der Waals surface area contributed by atoms with Gasteiger partial charge in [0.05, 0.1) is 0 Å². The molecule has 0 amide bonds. The van der Waals surface area contributed by atoms with Gasteiger partial charge in [0, 0.05) is 6.04 Å². The van der Waals surface area contributed by atoms with E-state index < -0.39 is 0 Å². The molecule has 1 fully saturated rings. The molecule has 1 heteroatoms. The fourth-order valence-corrected chi connectivity index (χ4v) is 2.42.